The van der Waals surface area contributed by atoms with Crippen LogP contribution in [-0.4, -0.2) is 20.3 Å². The van der Waals surface area contributed by atoms with E-state index in [0.29, 0.717) is 12.3 Å². The maximum absolute atomic E-state index is 9.60. The molecule has 18 heavy (non-hydrogen) atoms. The van der Waals surface area contributed by atoms with Gasteiger partial charge in [0.25, 0.3) is 0 Å². The first kappa shape index (κ1) is 11.2. The number of phenols is 1. The van der Waals surface area contributed by atoms with Gasteiger partial charge in [0.2, 0.25) is 0 Å². The van der Waals surface area contributed by atoms with Crippen LogP contribution in [0, 0.1) is 0 Å². The van der Waals surface area contributed by atoms with Crippen LogP contribution in [0.2, 0.25) is 0 Å². The van der Waals surface area contributed by atoms with Crippen molar-refractivity contribution in [3.8, 4) is 5.75 Å². The second-order valence-corrected chi connectivity index (χ2v) is 4.64. The van der Waals surface area contributed by atoms with E-state index in [4.69, 9.17) is 0 Å². The van der Waals surface area contributed by atoms with Gasteiger partial charge in [0.1, 0.15) is 17.9 Å². The fraction of sp³-hybridized carbons (Fsp3) is 0.385. The van der Waals surface area contributed by atoms with Crippen LogP contribution in [0.1, 0.15) is 35.8 Å². The molecule has 1 aromatic heterocycles. The molecule has 5 heteroatoms. The van der Waals surface area contributed by atoms with Crippen LogP contribution in [0.4, 0.5) is 0 Å². The van der Waals surface area contributed by atoms with E-state index in [-0.39, 0.29) is 6.04 Å². The number of H-pyrrole nitrogens is 1. The molecule has 0 aliphatic heterocycles. The summed E-state index contributed by atoms with van der Waals surface area (Å²) in [5.74, 6) is 1.17. The predicted octanol–water partition coefficient (Wildman–Crippen LogP) is 1.68. The van der Waals surface area contributed by atoms with Gasteiger partial charge in [0.15, 0.2) is 0 Å². The SMILES string of the molecule is Oc1ccc2c(c1)C(NCc1ncn[nH]1)CCC2. The van der Waals surface area contributed by atoms with E-state index in [9.17, 15) is 5.11 Å². The number of phenolic OH excluding ortho intramolecular Hbond substituents is 1. The van der Waals surface area contributed by atoms with Gasteiger partial charge in [0, 0.05) is 6.04 Å². The third kappa shape index (κ3) is 2.22. The quantitative estimate of drug-likeness (QED) is 0.768. The van der Waals surface area contributed by atoms with Gasteiger partial charge in [-0.1, -0.05) is 6.07 Å². The summed E-state index contributed by atoms with van der Waals surface area (Å²) in [5, 5.41) is 19.7. The summed E-state index contributed by atoms with van der Waals surface area (Å²) in [6.07, 6.45) is 4.87. The monoisotopic (exact) mass is 244 g/mol. The first-order valence-corrected chi connectivity index (χ1v) is 6.22. The molecule has 0 saturated heterocycles. The zero-order chi connectivity index (χ0) is 12.4. The van der Waals surface area contributed by atoms with Crippen molar-refractivity contribution in [1.82, 2.24) is 20.5 Å². The number of nitrogens with zero attached hydrogens (tertiary/aromatic N) is 2. The van der Waals surface area contributed by atoms with Crippen molar-refractivity contribution in [3.63, 3.8) is 0 Å². The van der Waals surface area contributed by atoms with Crippen LogP contribution >= 0.6 is 0 Å². The number of hydrogen-bond donors (Lipinski definition) is 3. The molecule has 0 radical (unpaired) electrons. The van der Waals surface area contributed by atoms with Crippen molar-refractivity contribution in [2.75, 3.05) is 0 Å². The average molecular weight is 244 g/mol. The summed E-state index contributed by atoms with van der Waals surface area (Å²) >= 11 is 0. The van der Waals surface area contributed by atoms with Crippen molar-refractivity contribution >= 4 is 0 Å². The van der Waals surface area contributed by atoms with Crippen molar-refractivity contribution in [2.45, 2.75) is 31.8 Å². The van der Waals surface area contributed by atoms with Crippen LogP contribution in [0.25, 0.3) is 0 Å². The predicted molar refractivity (Wildman–Crippen MR) is 67.0 cm³/mol. The third-order valence-electron chi connectivity index (χ3n) is 3.42. The lowest BCUT2D eigenvalue weighted by Gasteiger charge is -2.26. The van der Waals surface area contributed by atoms with Crippen LogP contribution in [0.15, 0.2) is 24.5 Å². The van der Waals surface area contributed by atoms with Gasteiger partial charge >= 0.3 is 0 Å². The standard InChI is InChI=1S/C13H16N4O/c18-10-5-4-9-2-1-3-12(11(9)6-10)14-7-13-15-8-16-17-13/h4-6,8,12,14,18H,1-3,7H2,(H,15,16,17). The van der Waals surface area contributed by atoms with Crippen LogP contribution in [0.5, 0.6) is 5.75 Å². The molecule has 0 amide bonds. The zero-order valence-corrected chi connectivity index (χ0v) is 10.1. The Kier molecular flexibility index (Phi) is 2.98. The summed E-state index contributed by atoms with van der Waals surface area (Å²) in [5.41, 5.74) is 2.54. The zero-order valence-electron chi connectivity index (χ0n) is 10.1. The first-order chi connectivity index (χ1) is 8.83. The lowest BCUT2D eigenvalue weighted by atomic mass is 9.87. The Balaban J connectivity index is 1.76. The molecule has 3 N–H and O–H groups in total. The molecule has 5 nitrogen and oxygen atoms in total. The van der Waals surface area contributed by atoms with E-state index in [1.807, 2.05) is 12.1 Å². The molecular weight excluding hydrogens is 228 g/mol. The smallest absolute Gasteiger partial charge is 0.138 e. The van der Waals surface area contributed by atoms with E-state index >= 15 is 0 Å². The van der Waals surface area contributed by atoms with E-state index in [1.165, 1.54) is 23.9 Å². The van der Waals surface area contributed by atoms with E-state index in [1.54, 1.807) is 6.07 Å². The fourth-order valence-corrected chi connectivity index (χ4v) is 2.53. The van der Waals surface area contributed by atoms with E-state index in [2.05, 4.69) is 20.5 Å². The number of benzene rings is 1. The molecule has 1 aromatic carbocycles. The number of aryl methyl sites for hydroxylation is 1. The Morgan fingerprint density at radius 2 is 2.39 bits per heavy atom. The van der Waals surface area contributed by atoms with Crippen molar-refractivity contribution < 1.29 is 5.11 Å². The molecular formula is C13H16N4O. The highest BCUT2D eigenvalue weighted by atomic mass is 16.3. The Morgan fingerprint density at radius 3 is 3.22 bits per heavy atom. The number of rotatable bonds is 3. The third-order valence-corrected chi connectivity index (χ3v) is 3.42. The van der Waals surface area contributed by atoms with Crippen LogP contribution < -0.4 is 5.32 Å². The molecule has 1 aliphatic rings. The van der Waals surface area contributed by atoms with Crippen LogP contribution in [0.3, 0.4) is 0 Å². The number of hydrogen-bond acceptors (Lipinski definition) is 4. The van der Waals surface area contributed by atoms with Gasteiger partial charge in [-0.15, -0.1) is 0 Å². The molecule has 2 aromatic rings. The Bertz CT molecular complexity index is 524. The van der Waals surface area contributed by atoms with Gasteiger partial charge in [-0.2, -0.15) is 5.10 Å². The van der Waals surface area contributed by atoms with Crippen LogP contribution in [-0.2, 0) is 13.0 Å². The average Bonchev–Trinajstić information content (AvgIpc) is 2.89. The molecule has 0 spiro atoms. The molecule has 1 atom stereocenters. The Hall–Kier alpha value is -1.88. The van der Waals surface area contributed by atoms with Gasteiger partial charge in [-0.05, 0) is 42.5 Å². The van der Waals surface area contributed by atoms with E-state index in [0.717, 1.165) is 18.7 Å². The molecule has 0 fully saturated rings. The lowest BCUT2D eigenvalue weighted by Crippen LogP contribution is -2.25. The minimum atomic E-state index is 0.283. The molecule has 3 rings (SSSR count). The maximum atomic E-state index is 9.60. The second-order valence-electron chi connectivity index (χ2n) is 4.64. The fourth-order valence-electron chi connectivity index (χ4n) is 2.53. The topological polar surface area (TPSA) is 73.8 Å². The number of nitrogens with one attached hydrogen (secondary N) is 2. The van der Waals surface area contributed by atoms with Crippen molar-refractivity contribution in [2.24, 2.45) is 0 Å². The molecule has 94 valence electrons. The lowest BCUT2D eigenvalue weighted by molar-refractivity contribution is 0.442. The summed E-state index contributed by atoms with van der Waals surface area (Å²) < 4.78 is 0. The first-order valence-electron chi connectivity index (χ1n) is 6.22. The number of fused-ring (bicyclic) bond motifs is 1. The molecule has 1 heterocycles. The number of aromatic hydroxyl groups is 1. The highest BCUT2D eigenvalue weighted by molar-refractivity contribution is 5.38. The summed E-state index contributed by atoms with van der Waals surface area (Å²) in [7, 11) is 0. The largest absolute Gasteiger partial charge is 0.508 e. The van der Waals surface area contributed by atoms with Gasteiger partial charge < -0.3 is 10.4 Å². The van der Waals surface area contributed by atoms with Crippen molar-refractivity contribution in [3.05, 3.63) is 41.5 Å². The highest BCUT2D eigenvalue weighted by Gasteiger charge is 2.20. The summed E-state index contributed by atoms with van der Waals surface area (Å²) in [6, 6.07) is 5.93. The van der Waals surface area contributed by atoms with E-state index < -0.39 is 0 Å². The Labute approximate surface area is 105 Å². The number of aromatic nitrogens is 3. The molecule has 0 saturated carbocycles. The minimum Gasteiger partial charge on any atom is -0.508 e. The highest BCUT2D eigenvalue weighted by Crippen LogP contribution is 2.32. The molecule has 0 bridgehead atoms. The van der Waals surface area contributed by atoms with Crippen molar-refractivity contribution in [1.29, 1.82) is 0 Å². The maximum Gasteiger partial charge on any atom is 0.138 e. The van der Waals surface area contributed by atoms with Gasteiger partial charge in [0.05, 0.1) is 6.54 Å². The molecule has 1 aliphatic carbocycles. The van der Waals surface area contributed by atoms with Gasteiger partial charge in [-0.3, -0.25) is 5.10 Å². The Morgan fingerprint density at radius 1 is 1.44 bits per heavy atom. The summed E-state index contributed by atoms with van der Waals surface area (Å²) in [6.45, 7) is 0.666. The number of aromatic amines is 1. The molecule has 1 unspecified atom stereocenters. The second kappa shape index (κ2) is 4.78. The summed E-state index contributed by atoms with van der Waals surface area (Å²) in [4.78, 5) is 4.10. The minimum absolute atomic E-state index is 0.283. The van der Waals surface area contributed by atoms with Gasteiger partial charge in [-0.25, -0.2) is 4.98 Å². The normalized spacial score (nSPS) is 18.6.